The monoisotopic (exact) mass is 506 g/mol. The van der Waals surface area contributed by atoms with Crippen molar-refractivity contribution in [3.05, 3.63) is 72.2 Å². The maximum atomic E-state index is 14.7. The van der Waals surface area contributed by atoms with E-state index in [0.29, 0.717) is 11.6 Å². The van der Waals surface area contributed by atoms with Crippen LogP contribution in [0.2, 0.25) is 0 Å². The number of para-hydroxylation sites is 1. The number of ether oxygens (including phenoxy) is 1. The number of piperidine rings is 1. The Bertz CT molecular complexity index is 1390. The summed E-state index contributed by atoms with van der Waals surface area (Å²) in [6.45, 7) is 3.13. The van der Waals surface area contributed by atoms with Gasteiger partial charge in [0.1, 0.15) is 5.65 Å². The number of alkyl halides is 5. The first-order valence-corrected chi connectivity index (χ1v) is 11.4. The van der Waals surface area contributed by atoms with E-state index in [2.05, 4.69) is 9.97 Å². The third kappa shape index (κ3) is 4.95. The Balaban J connectivity index is 0.00000148. The summed E-state index contributed by atoms with van der Waals surface area (Å²) >= 11 is 0. The van der Waals surface area contributed by atoms with E-state index < -0.39 is 42.6 Å². The Morgan fingerprint density at radius 3 is 2.64 bits per heavy atom. The molecule has 36 heavy (non-hydrogen) atoms. The standard InChI is InChI=1S/C23H17F5N4O2.C2H6/c24-22(25)7-9-32(13-18(22)34-19-6-5-14-3-1-2-4-17(14)30-19)21(33)16-11-15(23(26,27)28)12-31-10-8-29-20(16)31;1-2/h1-6,8,10-12,18H,7,9,13H2;1-2H3. The fourth-order valence-corrected chi connectivity index (χ4v) is 3.95. The third-order valence-corrected chi connectivity index (χ3v) is 5.74. The van der Waals surface area contributed by atoms with Crippen molar-refractivity contribution in [2.24, 2.45) is 0 Å². The number of rotatable bonds is 3. The van der Waals surface area contributed by atoms with Crippen LogP contribution in [0.4, 0.5) is 22.0 Å². The second kappa shape index (κ2) is 9.71. The first-order valence-electron chi connectivity index (χ1n) is 11.4. The second-order valence-corrected chi connectivity index (χ2v) is 8.01. The van der Waals surface area contributed by atoms with Crippen LogP contribution in [0.5, 0.6) is 5.88 Å². The highest BCUT2D eigenvalue weighted by Gasteiger charge is 2.47. The molecule has 3 aromatic heterocycles. The predicted octanol–water partition coefficient (Wildman–Crippen LogP) is 5.86. The van der Waals surface area contributed by atoms with E-state index in [1.165, 1.54) is 18.5 Å². The predicted molar refractivity (Wildman–Crippen MR) is 123 cm³/mol. The molecule has 1 unspecified atom stereocenters. The van der Waals surface area contributed by atoms with E-state index in [0.717, 1.165) is 20.9 Å². The second-order valence-electron chi connectivity index (χ2n) is 8.01. The van der Waals surface area contributed by atoms with Gasteiger partial charge in [-0.3, -0.25) is 4.79 Å². The summed E-state index contributed by atoms with van der Waals surface area (Å²) in [4.78, 5) is 22.4. The number of aromatic nitrogens is 3. The smallest absolute Gasteiger partial charge is 0.417 e. The van der Waals surface area contributed by atoms with Crippen LogP contribution in [0.1, 0.15) is 36.2 Å². The van der Waals surface area contributed by atoms with Gasteiger partial charge in [-0.05, 0) is 18.2 Å². The molecule has 0 spiro atoms. The fourth-order valence-electron chi connectivity index (χ4n) is 3.95. The van der Waals surface area contributed by atoms with Gasteiger partial charge in [0.2, 0.25) is 5.88 Å². The lowest BCUT2D eigenvalue weighted by atomic mass is 10.0. The third-order valence-electron chi connectivity index (χ3n) is 5.74. The van der Waals surface area contributed by atoms with Crippen molar-refractivity contribution in [1.29, 1.82) is 0 Å². The molecule has 1 atom stereocenters. The molecule has 4 heterocycles. The lowest BCUT2D eigenvalue weighted by Crippen LogP contribution is -2.55. The number of hydrogen-bond donors (Lipinski definition) is 0. The molecule has 0 saturated carbocycles. The quantitative estimate of drug-likeness (QED) is 0.327. The molecule has 4 aromatic rings. The Hall–Kier alpha value is -3.76. The molecule has 1 aliphatic rings. The number of amides is 1. The molecule has 1 fully saturated rings. The highest BCUT2D eigenvalue weighted by Crippen LogP contribution is 2.34. The van der Waals surface area contributed by atoms with E-state index in [-0.39, 0.29) is 23.6 Å². The number of carbonyl (C=O) groups excluding carboxylic acids is 1. The lowest BCUT2D eigenvalue weighted by Gasteiger charge is -2.38. The molecule has 190 valence electrons. The van der Waals surface area contributed by atoms with Crippen LogP contribution >= 0.6 is 0 Å². The van der Waals surface area contributed by atoms with E-state index in [1.54, 1.807) is 18.2 Å². The molecule has 1 aromatic carbocycles. The lowest BCUT2D eigenvalue weighted by molar-refractivity contribution is -0.137. The van der Waals surface area contributed by atoms with Gasteiger partial charge < -0.3 is 14.0 Å². The minimum atomic E-state index is -4.70. The number of nitrogens with zero attached hydrogens (tertiary/aromatic N) is 4. The highest BCUT2D eigenvalue weighted by molar-refractivity contribution is 6.00. The normalized spacial score (nSPS) is 17.5. The molecule has 0 bridgehead atoms. The van der Waals surface area contributed by atoms with Gasteiger partial charge in [-0.15, -0.1) is 0 Å². The van der Waals surface area contributed by atoms with Gasteiger partial charge in [-0.1, -0.05) is 32.0 Å². The van der Waals surface area contributed by atoms with Gasteiger partial charge in [-0.25, -0.2) is 18.7 Å². The minimum Gasteiger partial charge on any atom is -0.466 e. The fraction of sp³-hybridized carbons (Fsp3) is 0.320. The summed E-state index contributed by atoms with van der Waals surface area (Å²) in [5.41, 5.74) is -0.814. The van der Waals surface area contributed by atoms with Gasteiger partial charge >= 0.3 is 6.18 Å². The van der Waals surface area contributed by atoms with Crippen molar-refractivity contribution < 1.29 is 31.5 Å². The van der Waals surface area contributed by atoms with Crippen LogP contribution in [0.15, 0.2) is 61.1 Å². The van der Waals surface area contributed by atoms with Crippen LogP contribution in [0, 0.1) is 0 Å². The van der Waals surface area contributed by atoms with E-state index in [9.17, 15) is 26.7 Å². The van der Waals surface area contributed by atoms with E-state index in [1.807, 2.05) is 26.0 Å². The summed E-state index contributed by atoms with van der Waals surface area (Å²) in [5.74, 6) is -4.13. The number of imidazole rings is 1. The largest absolute Gasteiger partial charge is 0.466 e. The van der Waals surface area contributed by atoms with Crippen molar-refractivity contribution in [2.45, 2.75) is 38.5 Å². The van der Waals surface area contributed by atoms with Gasteiger partial charge in [0.05, 0.1) is 23.2 Å². The molecule has 5 rings (SSSR count). The maximum Gasteiger partial charge on any atom is 0.417 e. The average molecular weight is 506 g/mol. The highest BCUT2D eigenvalue weighted by atomic mass is 19.4. The first kappa shape index (κ1) is 25.3. The molecule has 0 N–H and O–H groups in total. The molecular formula is C25H23F5N4O2. The zero-order valence-corrected chi connectivity index (χ0v) is 19.5. The molecule has 0 radical (unpaired) electrons. The van der Waals surface area contributed by atoms with Crippen molar-refractivity contribution in [3.8, 4) is 5.88 Å². The first-order chi connectivity index (χ1) is 17.1. The molecule has 1 aliphatic heterocycles. The van der Waals surface area contributed by atoms with Crippen LogP contribution in [0.3, 0.4) is 0 Å². The Morgan fingerprint density at radius 2 is 1.89 bits per heavy atom. The Morgan fingerprint density at radius 1 is 1.14 bits per heavy atom. The topological polar surface area (TPSA) is 59.7 Å². The van der Waals surface area contributed by atoms with Crippen LogP contribution in [-0.4, -0.2) is 50.3 Å². The van der Waals surface area contributed by atoms with Crippen molar-refractivity contribution in [3.63, 3.8) is 0 Å². The summed E-state index contributed by atoms with van der Waals surface area (Å²) in [6.07, 6.45) is -3.77. The van der Waals surface area contributed by atoms with E-state index in [4.69, 9.17) is 4.74 Å². The SMILES string of the molecule is CC.O=C(c1cc(C(F)(F)F)cn2ccnc12)N1CCC(F)(F)C(Oc2ccc3ccccc3n2)C1. The minimum absolute atomic E-state index is 0.00370. The van der Waals surface area contributed by atoms with Crippen LogP contribution < -0.4 is 4.74 Å². The molecule has 11 heteroatoms. The van der Waals surface area contributed by atoms with Crippen LogP contribution in [0.25, 0.3) is 16.6 Å². The zero-order chi connectivity index (χ0) is 26.1. The molecule has 0 aliphatic carbocycles. The number of pyridine rings is 2. The molecule has 1 amide bonds. The molecule has 1 saturated heterocycles. The number of likely N-dealkylation sites (tertiary alicyclic amines) is 1. The number of benzene rings is 1. The average Bonchev–Trinajstić information content (AvgIpc) is 3.34. The number of hydrogen-bond acceptors (Lipinski definition) is 4. The summed E-state index contributed by atoms with van der Waals surface area (Å²) in [5, 5.41) is 0.801. The van der Waals surface area contributed by atoms with Crippen LogP contribution in [-0.2, 0) is 6.18 Å². The van der Waals surface area contributed by atoms with Gasteiger partial charge in [0, 0.05) is 43.0 Å². The zero-order valence-electron chi connectivity index (χ0n) is 19.5. The van der Waals surface area contributed by atoms with E-state index >= 15 is 0 Å². The number of carbonyl (C=O) groups is 1. The van der Waals surface area contributed by atoms with Crippen molar-refractivity contribution in [1.82, 2.24) is 19.3 Å². The maximum absolute atomic E-state index is 14.7. The number of halogens is 5. The molecular weight excluding hydrogens is 483 g/mol. The van der Waals surface area contributed by atoms with Gasteiger partial charge in [0.15, 0.2) is 6.10 Å². The van der Waals surface area contributed by atoms with Crippen molar-refractivity contribution in [2.75, 3.05) is 13.1 Å². The van der Waals surface area contributed by atoms with Crippen molar-refractivity contribution >= 4 is 22.5 Å². The Labute approximate surface area is 203 Å². The number of fused-ring (bicyclic) bond motifs is 2. The van der Waals surface area contributed by atoms with Gasteiger partial charge in [-0.2, -0.15) is 13.2 Å². The van der Waals surface area contributed by atoms with Gasteiger partial charge in [0.25, 0.3) is 11.8 Å². The summed E-state index contributed by atoms with van der Waals surface area (Å²) in [6, 6.07) is 10.9. The summed E-state index contributed by atoms with van der Waals surface area (Å²) in [7, 11) is 0. The molecule has 6 nitrogen and oxygen atoms in total. The summed E-state index contributed by atoms with van der Waals surface area (Å²) < 4.78 is 75.9. The Kier molecular flexibility index (Phi) is 6.83.